The van der Waals surface area contributed by atoms with E-state index in [1.807, 2.05) is 48.0 Å². The maximum atomic E-state index is 12.3. The maximum Gasteiger partial charge on any atom is 0.246 e. The maximum absolute atomic E-state index is 12.3. The van der Waals surface area contributed by atoms with Crippen molar-refractivity contribution in [1.82, 2.24) is 14.3 Å². The summed E-state index contributed by atoms with van der Waals surface area (Å²) in [6.45, 7) is 3.88. The molecule has 0 saturated carbocycles. The first-order valence-corrected chi connectivity index (χ1v) is 9.53. The number of likely N-dealkylation sites (N-methyl/N-ethyl adjacent to an activating group) is 1. The van der Waals surface area contributed by atoms with E-state index in [0.29, 0.717) is 10.8 Å². The van der Waals surface area contributed by atoms with Crippen LogP contribution in [-0.4, -0.2) is 39.7 Å². The number of amides is 2. The Kier molecular flexibility index (Phi) is 5.62. The number of thiazole rings is 1. The summed E-state index contributed by atoms with van der Waals surface area (Å²) in [4.78, 5) is 30.9. The molecule has 0 aliphatic carbocycles. The zero-order chi connectivity index (χ0) is 19.6. The van der Waals surface area contributed by atoms with Crippen molar-refractivity contribution >= 4 is 51.5 Å². The average molecular weight is 403 g/mol. The minimum Gasteiger partial charge on any atom is -0.333 e. The summed E-state index contributed by atoms with van der Waals surface area (Å²) in [5, 5.41) is 5.07. The van der Waals surface area contributed by atoms with Crippen LogP contribution in [0.25, 0.3) is 11.0 Å². The van der Waals surface area contributed by atoms with E-state index in [2.05, 4.69) is 10.3 Å². The van der Waals surface area contributed by atoms with Crippen LogP contribution in [0.2, 0.25) is 5.15 Å². The highest BCUT2D eigenvalue weighted by molar-refractivity contribution is 7.15. The van der Waals surface area contributed by atoms with Crippen LogP contribution in [0.5, 0.6) is 0 Å². The molecule has 2 heterocycles. The van der Waals surface area contributed by atoms with E-state index in [4.69, 9.17) is 11.6 Å². The van der Waals surface area contributed by atoms with E-state index in [1.54, 1.807) is 13.1 Å². The highest BCUT2D eigenvalue weighted by Crippen LogP contribution is 2.22. The number of halogens is 1. The van der Waals surface area contributed by atoms with E-state index in [-0.39, 0.29) is 18.4 Å². The van der Waals surface area contributed by atoms with Gasteiger partial charge in [-0.25, -0.2) is 4.98 Å². The molecule has 3 aromatic rings. The van der Waals surface area contributed by atoms with Gasteiger partial charge in [0.15, 0.2) is 10.1 Å². The van der Waals surface area contributed by atoms with Gasteiger partial charge in [0.2, 0.25) is 11.8 Å². The van der Waals surface area contributed by atoms with Crippen LogP contribution in [0.4, 0.5) is 5.69 Å². The van der Waals surface area contributed by atoms with Gasteiger partial charge in [-0.3, -0.25) is 14.0 Å². The van der Waals surface area contributed by atoms with Crippen LogP contribution in [0, 0.1) is 13.8 Å². The number of anilines is 1. The van der Waals surface area contributed by atoms with Gasteiger partial charge in [0, 0.05) is 30.4 Å². The molecule has 1 N–H and O–H groups in total. The molecule has 0 saturated heterocycles. The van der Waals surface area contributed by atoms with Crippen LogP contribution >= 0.6 is 22.9 Å². The molecule has 140 valence electrons. The van der Waals surface area contributed by atoms with Crippen molar-refractivity contribution in [3.63, 3.8) is 0 Å². The first kappa shape index (κ1) is 19.1. The normalized spacial score (nSPS) is 11.3. The SMILES string of the molecule is Cc1cccc(NC(=O)CN(C)C(=O)/C=C/c2c(Cl)nc3sccn23)c1C. The predicted molar refractivity (Wildman–Crippen MR) is 109 cm³/mol. The largest absolute Gasteiger partial charge is 0.333 e. The highest BCUT2D eigenvalue weighted by Gasteiger charge is 2.13. The van der Waals surface area contributed by atoms with Gasteiger partial charge in [-0.15, -0.1) is 11.3 Å². The monoisotopic (exact) mass is 402 g/mol. The molecular weight excluding hydrogens is 384 g/mol. The summed E-state index contributed by atoms with van der Waals surface area (Å²) in [6.07, 6.45) is 4.83. The lowest BCUT2D eigenvalue weighted by atomic mass is 10.1. The number of benzene rings is 1. The molecular formula is C19H19ClN4O2S. The Morgan fingerprint density at radius 3 is 2.93 bits per heavy atom. The lowest BCUT2D eigenvalue weighted by Crippen LogP contribution is -2.34. The van der Waals surface area contributed by atoms with Crippen molar-refractivity contribution in [1.29, 1.82) is 0 Å². The van der Waals surface area contributed by atoms with Crippen LogP contribution in [0.3, 0.4) is 0 Å². The van der Waals surface area contributed by atoms with E-state index in [1.165, 1.54) is 22.3 Å². The molecule has 1 aromatic carbocycles. The summed E-state index contributed by atoms with van der Waals surface area (Å²) in [6, 6.07) is 5.71. The number of imidazole rings is 1. The Hall–Kier alpha value is -2.64. The molecule has 3 rings (SSSR count). The summed E-state index contributed by atoms with van der Waals surface area (Å²) in [5.41, 5.74) is 3.49. The number of carbonyl (C=O) groups is 2. The first-order chi connectivity index (χ1) is 12.9. The highest BCUT2D eigenvalue weighted by atomic mass is 35.5. The van der Waals surface area contributed by atoms with Crippen LogP contribution in [0.15, 0.2) is 35.9 Å². The third kappa shape index (κ3) is 4.20. The van der Waals surface area contributed by atoms with E-state index >= 15 is 0 Å². The smallest absolute Gasteiger partial charge is 0.246 e. The number of aryl methyl sites for hydroxylation is 1. The number of fused-ring (bicyclic) bond motifs is 1. The first-order valence-electron chi connectivity index (χ1n) is 8.27. The molecule has 8 heteroatoms. The lowest BCUT2D eigenvalue weighted by Gasteiger charge is -2.16. The average Bonchev–Trinajstić information content (AvgIpc) is 3.17. The summed E-state index contributed by atoms with van der Waals surface area (Å²) < 4.78 is 1.81. The number of nitrogens with one attached hydrogen (secondary N) is 1. The van der Waals surface area contributed by atoms with Crippen LogP contribution in [-0.2, 0) is 9.59 Å². The molecule has 0 atom stereocenters. The second-order valence-electron chi connectivity index (χ2n) is 6.17. The molecule has 2 amide bonds. The molecule has 0 aliphatic rings. The standard InChI is InChI=1S/C19H19ClN4O2S/c1-12-5-4-6-14(13(12)2)21-16(25)11-23(3)17(26)8-7-15-18(20)22-19-24(15)9-10-27-19/h4-10H,11H2,1-3H3,(H,21,25)/b8-7+. The Morgan fingerprint density at radius 1 is 1.37 bits per heavy atom. The quantitative estimate of drug-likeness (QED) is 0.660. The molecule has 0 radical (unpaired) electrons. The van der Waals surface area contributed by atoms with Gasteiger partial charge in [-0.1, -0.05) is 23.7 Å². The van der Waals surface area contributed by atoms with Crippen molar-refractivity contribution in [3.8, 4) is 0 Å². The molecule has 0 spiro atoms. The zero-order valence-corrected chi connectivity index (χ0v) is 16.8. The predicted octanol–water partition coefficient (Wildman–Crippen LogP) is 3.78. The second kappa shape index (κ2) is 7.94. The molecule has 6 nitrogen and oxygen atoms in total. The van der Waals surface area contributed by atoms with Gasteiger partial charge in [-0.2, -0.15) is 0 Å². The fraction of sp³-hybridized carbons (Fsp3) is 0.211. The minimum atomic E-state index is -0.299. The summed E-state index contributed by atoms with van der Waals surface area (Å²) >= 11 is 7.57. The molecule has 2 aromatic heterocycles. The molecule has 0 fully saturated rings. The number of rotatable bonds is 5. The topological polar surface area (TPSA) is 66.7 Å². The summed E-state index contributed by atoms with van der Waals surface area (Å²) in [7, 11) is 1.58. The van der Waals surface area contributed by atoms with Crippen molar-refractivity contribution in [2.75, 3.05) is 18.9 Å². The Bertz CT molecular complexity index is 1040. The van der Waals surface area contributed by atoms with Crippen molar-refractivity contribution in [2.24, 2.45) is 0 Å². The Morgan fingerprint density at radius 2 is 2.15 bits per heavy atom. The van der Waals surface area contributed by atoms with E-state index in [0.717, 1.165) is 21.8 Å². The Labute approximate surface area is 166 Å². The van der Waals surface area contributed by atoms with Crippen LogP contribution < -0.4 is 5.32 Å². The van der Waals surface area contributed by atoms with Gasteiger partial charge < -0.3 is 10.2 Å². The number of aromatic nitrogens is 2. The minimum absolute atomic E-state index is 0.0510. The third-order valence-corrected chi connectivity index (χ3v) is 5.31. The molecule has 0 unspecified atom stereocenters. The van der Waals surface area contributed by atoms with Gasteiger partial charge in [0.1, 0.15) is 0 Å². The Balaban J connectivity index is 1.63. The second-order valence-corrected chi connectivity index (χ2v) is 7.40. The van der Waals surface area contributed by atoms with Gasteiger partial charge in [0.25, 0.3) is 0 Å². The van der Waals surface area contributed by atoms with E-state index < -0.39 is 0 Å². The molecule has 0 bridgehead atoms. The van der Waals surface area contributed by atoms with Crippen molar-refractivity contribution < 1.29 is 9.59 Å². The van der Waals surface area contributed by atoms with Gasteiger partial charge >= 0.3 is 0 Å². The van der Waals surface area contributed by atoms with Gasteiger partial charge in [-0.05, 0) is 37.1 Å². The lowest BCUT2D eigenvalue weighted by molar-refractivity contribution is -0.129. The number of carbonyl (C=O) groups excluding carboxylic acids is 2. The molecule has 0 aliphatic heterocycles. The fourth-order valence-electron chi connectivity index (χ4n) is 2.57. The van der Waals surface area contributed by atoms with Gasteiger partial charge in [0.05, 0.1) is 12.2 Å². The van der Waals surface area contributed by atoms with E-state index in [9.17, 15) is 9.59 Å². The molecule has 27 heavy (non-hydrogen) atoms. The fourth-order valence-corrected chi connectivity index (χ4v) is 3.58. The van der Waals surface area contributed by atoms with Crippen LogP contribution in [0.1, 0.15) is 16.8 Å². The summed E-state index contributed by atoms with van der Waals surface area (Å²) in [5.74, 6) is -0.553. The number of hydrogen-bond donors (Lipinski definition) is 1. The van der Waals surface area contributed by atoms with Crippen molar-refractivity contribution in [2.45, 2.75) is 13.8 Å². The number of nitrogens with zero attached hydrogens (tertiary/aromatic N) is 3. The zero-order valence-electron chi connectivity index (χ0n) is 15.2. The number of hydrogen-bond acceptors (Lipinski definition) is 4. The van der Waals surface area contributed by atoms with Crippen molar-refractivity contribution in [3.05, 3.63) is 57.8 Å². The third-order valence-electron chi connectivity index (χ3n) is 4.27.